The molecule has 1 saturated heterocycles. The molecule has 2 fully saturated rings. The summed E-state index contributed by atoms with van der Waals surface area (Å²) in [7, 11) is -4.22. The monoisotopic (exact) mass is 550 g/mol. The molecule has 3 rings (SSSR count). The van der Waals surface area contributed by atoms with E-state index in [9.17, 15) is 28.0 Å². The van der Waals surface area contributed by atoms with Gasteiger partial charge in [0.25, 0.3) is 0 Å². The zero-order valence-electron chi connectivity index (χ0n) is 22.7. The van der Waals surface area contributed by atoms with Gasteiger partial charge in [0.2, 0.25) is 11.8 Å². The summed E-state index contributed by atoms with van der Waals surface area (Å²) in [6.07, 6.45) is 9.27. The Hall–Kier alpha value is -2.53. The predicted octanol–water partition coefficient (Wildman–Crippen LogP) is 2.44. The number of carbonyl (C=O) groups excluding carboxylic acids is 3. The molecule has 0 spiro atoms. The third kappa shape index (κ3) is 7.99. The van der Waals surface area contributed by atoms with E-state index in [1.165, 1.54) is 37.5 Å². The SMILES string of the molecule is CC(C)C[C@H](NC(=O)CCC1CCCCC1)C(=O)N[C@H]1CC[C@@H](C)N(S(=O)(=O)c2cccc[n+]2[O-])CC1=O. The minimum Gasteiger partial charge on any atom is -0.618 e. The first-order valence-corrected chi connectivity index (χ1v) is 15.3. The van der Waals surface area contributed by atoms with Crippen molar-refractivity contribution in [2.45, 2.75) is 108 Å². The minimum atomic E-state index is -4.22. The fraction of sp³-hybridized carbons (Fsp3) is 0.704. The standard InChI is InChI=1S/C27H42N4O6S/c1-19(2)17-23(28-25(33)15-13-21-9-5-4-6-10-21)27(34)29-22-14-12-20(3)31(18-24(22)32)38(36,37)26-11-7-8-16-30(26)35/h7-8,11,16,19-23H,4-6,9-10,12-15,17-18H2,1-3H3,(H,28,33)(H,29,34)/t20-,22+,23+/m1/s1. The molecule has 2 N–H and O–H groups in total. The molecule has 11 heteroatoms. The van der Waals surface area contributed by atoms with Gasteiger partial charge in [-0.05, 0) is 50.5 Å². The molecule has 10 nitrogen and oxygen atoms in total. The fourth-order valence-corrected chi connectivity index (χ4v) is 7.05. The normalized spacial score (nSPS) is 22.6. The Labute approximate surface area is 226 Å². The first kappa shape index (κ1) is 30.0. The number of carbonyl (C=O) groups is 3. The molecule has 0 aromatic carbocycles. The lowest BCUT2D eigenvalue weighted by molar-refractivity contribution is -0.646. The Balaban J connectivity index is 1.64. The van der Waals surface area contributed by atoms with Crippen molar-refractivity contribution in [3.05, 3.63) is 29.6 Å². The van der Waals surface area contributed by atoms with E-state index in [4.69, 9.17) is 0 Å². The average molecular weight is 551 g/mol. The molecule has 1 aromatic heterocycles. The highest BCUT2D eigenvalue weighted by molar-refractivity contribution is 7.89. The van der Waals surface area contributed by atoms with Crippen molar-refractivity contribution in [2.24, 2.45) is 11.8 Å². The first-order chi connectivity index (χ1) is 18.0. The highest BCUT2D eigenvalue weighted by atomic mass is 32.2. The van der Waals surface area contributed by atoms with E-state index in [1.54, 1.807) is 6.92 Å². The van der Waals surface area contributed by atoms with Crippen LogP contribution in [0.4, 0.5) is 0 Å². The lowest BCUT2D eigenvalue weighted by Crippen LogP contribution is -2.53. The first-order valence-electron chi connectivity index (χ1n) is 13.8. The molecule has 1 aliphatic heterocycles. The van der Waals surface area contributed by atoms with Gasteiger partial charge in [-0.1, -0.05) is 46.0 Å². The van der Waals surface area contributed by atoms with E-state index in [2.05, 4.69) is 10.6 Å². The van der Waals surface area contributed by atoms with E-state index in [0.717, 1.165) is 29.8 Å². The summed E-state index contributed by atoms with van der Waals surface area (Å²) >= 11 is 0. The summed E-state index contributed by atoms with van der Waals surface area (Å²) in [4.78, 5) is 39.0. The number of aromatic nitrogens is 1. The van der Waals surface area contributed by atoms with Crippen molar-refractivity contribution in [3.8, 4) is 0 Å². The molecule has 0 radical (unpaired) electrons. The Bertz CT molecular complexity index is 1090. The van der Waals surface area contributed by atoms with Crippen LogP contribution < -0.4 is 15.4 Å². The van der Waals surface area contributed by atoms with Gasteiger partial charge < -0.3 is 15.8 Å². The minimum absolute atomic E-state index is 0.138. The molecule has 38 heavy (non-hydrogen) atoms. The zero-order chi connectivity index (χ0) is 27.9. The van der Waals surface area contributed by atoms with Gasteiger partial charge in [0.05, 0.1) is 12.6 Å². The van der Waals surface area contributed by atoms with Crippen LogP contribution >= 0.6 is 0 Å². The lowest BCUT2D eigenvalue weighted by Gasteiger charge is -2.25. The summed E-state index contributed by atoms with van der Waals surface area (Å²) in [5, 5.41) is 17.3. The van der Waals surface area contributed by atoms with Crippen molar-refractivity contribution >= 4 is 27.6 Å². The van der Waals surface area contributed by atoms with Gasteiger partial charge >= 0.3 is 15.0 Å². The summed E-state index contributed by atoms with van der Waals surface area (Å²) in [5.41, 5.74) is 0. The second-order valence-corrected chi connectivity index (χ2v) is 13.0. The summed E-state index contributed by atoms with van der Waals surface area (Å²) in [6, 6.07) is 1.89. The van der Waals surface area contributed by atoms with Gasteiger partial charge in [0.15, 0.2) is 12.0 Å². The molecule has 0 bridgehead atoms. The van der Waals surface area contributed by atoms with E-state index in [1.807, 2.05) is 13.8 Å². The van der Waals surface area contributed by atoms with Crippen LogP contribution in [-0.4, -0.2) is 55.0 Å². The molecule has 2 aliphatic rings. The summed E-state index contributed by atoms with van der Waals surface area (Å²) in [6.45, 7) is 5.15. The number of ketones is 1. The largest absolute Gasteiger partial charge is 0.618 e. The molecule has 1 aliphatic carbocycles. The maximum absolute atomic E-state index is 13.2. The maximum Gasteiger partial charge on any atom is 0.323 e. The number of nitrogens with zero attached hydrogens (tertiary/aromatic N) is 2. The second-order valence-electron chi connectivity index (χ2n) is 11.2. The summed E-state index contributed by atoms with van der Waals surface area (Å²) < 4.78 is 27.7. The number of nitrogens with one attached hydrogen (secondary N) is 2. The van der Waals surface area contributed by atoms with Gasteiger partial charge in [0, 0.05) is 24.6 Å². The van der Waals surface area contributed by atoms with E-state index in [-0.39, 0.29) is 23.0 Å². The van der Waals surface area contributed by atoms with E-state index in [0.29, 0.717) is 25.2 Å². The molecule has 3 atom stereocenters. The van der Waals surface area contributed by atoms with Crippen LogP contribution in [0.3, 0.4) is 0 Å². The number of amides is 2. The van der Waals surface area contributed by atoms with Crippen molar-refractivity contribution in [2.75, 3.05) is 6.54 Å². The zero-order valence-corrected chi connectivity index (χ0v) is 23.5. The van der Waals surface area contributed by atoms with E-state index >= 15 is 0 Å². The topological polar surface area (TPSA) is 140 Å². The second kappa shape index (κ2) is 13.5. The predicted molar refractivity (Wildman–Crippen MR) is 142 cm³/mol. The van der Waals surface area contributed by atoms with Crippen LogP contribution in [0.1, 0.15) is 85.0 Å². The fourth-order valence-electron chi connectivity index (χ4n) is 5.39. The molecular weight excluding hydrogens is 508 g/mol. The van der Waals surface area contributed by atoms with E-state index < -0.39 is 51.4 Å². The quantitative estimate of drug-likeness (QED) is 0.339. The van der Waals surface area contributed by atoms with Crippen molar-refractivity contribution in [1.29, 1.82) is 0 Å². The van der Waals surface area contributed by atoms with Crippen LogP contribution in [0.15, 0.2) is 29.4 Å². The number of sulfonamides is 1. The molecule has 212 valence electrons. The van der Waals surface area contributed by atoms with Gasteiger partial charge in [-0.25, -0.2) is 8.42 Å². The third-order valence-corrected chi connectivity index (χ3v) is 9.56. The van der Waals surface area contributed by atoms with Gasteiger partial charge in [-0.2, -0.15) is 9.04 Å². The van der Waals surface area contributed by atoms with Gasteiger partial charge in [-0.15, -0.1) is 0 Å². The molecule has 2 amide bonds. The molecule has 1 aromatic rings. The highest BCUT2D eigenvalue weighted by Crippen LogP contribution is 2.27. The lowest BCUT2D eigenvalue weighted by atomic mass is 9.86. The Morgan fingerprint density at radius 1 is 1.13 bits per heavy atom. The molecule has 2 heterocycles. The average Bonchev–Trinajstić information content (AvgIpc) is 3.01. The molecule has 1 saturated carbocycles. The maximum atomic E-state index is 13.2. The van der Waals surface area contributed by atoms with Crippen molar-refractivity contribution in [3.63, 3.8) is 0 Å². The van der Waals surface area contributed by atoms with Crippen LogP contribution in [-0.2, 0) is 24.4 Å². The third-order valence-electron chi connectivity index (χ3n) is 7.61. The Morgan fingerprint density at radius 2 is 1.84 bits per heavy atom. The molecule has 0 unspecified atom stereocenters. The van der Waals surface area contributed by atoms with Gasteiger partial charge in [-0.3, -0.25) is 14.4 Å². The summed E-state index contributed by atoms with van der Waals surface area (Å²) in [5.74, 6) is -0.356. The Morgan fingerprint density at radius 3 is 2.50 bits per heavy atom. The number of hydrogen-bond acceptors (Lipinski definition) is 6. The van der Waals surface area contributed by atoms with Crippen LogP contribution in [0.2, 0.25) is 0 Å². The van der Waals surface area contributed by atoms with Crippen LogP contribution in [0.25, 0.3) is 0 Å². The number of rotatable bonds is 10. The smallest absolute Gasteiger partial charge is 0.323 e. The van der Waals surface area contributed by atoms with Gasteiger partial charge in [0.1, 0.15) is 6.04 Å². The highest BCUT2D eigenvalue weighted by Gasteiger charge is 2.40. The van der Waals surface area contributed by atoms with Crippen molar-refractivity contribution < 1.29 is 27.5 Å². The van der Waals surface area contributed by atoms with Crippen LogP contribution in [0.5, 0.6) is 0 Å². The Kier molecular flexibility index (Phi) is 10.7. The number of Topliss-reactive ketones (excluding diaryl/α,β-unsaturated/α-hetero) is 1. The van der Waals surface area contributed by atoms with Crippen LogP contribution in [0, 0.1) is 17.0 Å². The number of pyridine rings is 1. The number of hydrogen-bond donors (Lipinski definition) is 2. The van der Waals surface area contributed by atoms with Crippen molar-refractivity contribution in [1.82, 2.24) is 14.9 Å². The molecular formula is C27H42N4O6S.